The molecule has 0 aromatic carbocycles. The second-order valence-electron chi connectivity index (χ2n) is 7.85. The van der Waals surface area contributed by atoms with Gasteiger partial charge in [0.1, 0.15) is 0 Å². The van der Waals surface area contributed by atoms with Gasteiger partial charge >= 0.3 is 5.97 Å². The van der Waals surface area contributed by atoms with E-state index in [-0.39, 0.29) is 17.8 Å². The number of hydrogen-bond donors (Lipinski definition) is 2. The minimum absolute atomic E-state index is 0.0137. The minimum Gasteiger partial charge on any atom is -0.481 e. The first-order valence-corrected chi connectivity index (χ1v) is 7.79. The van der Waals surface area contributed by atoms with Crippen molar-refractivity contribution in [2.24, 2.45) is 29.1 Å². The van der Waals surface area contributed by atoms with Gasteiger partial charge in [-0.05, 0) is 62.2 Å². The van der Waals surface area contributed by atoms with Gasteiger partial charge in [0.25, 0.3) is 0 Å². The number of rotatable bonds is 4. The van der Waals surface area contributed by atoms with Crippen LogP contribution in [0, 0.1) is 29.1 Å². The predicted octanol–water partition coefficient (Wildman–Crippen LogP) is 3.06. The Morgan fingerprint density at radius 1 is 1.16 bits per heavy atom. The first kappa shape index (κ1) is 13.4. The highest BCUT2D eigenvalue weighted by Gasteiger charge is 2.61. The van der Waals surface area contributed by atoms with Crippen molar-refractivity contribution in [3.05, 3.63) is 0 Å². The lowest BCUT2D eigenvalue weighted by atomic mass is 9.43. The molecule has 2 N–H and O–H groups in total. The Balaban J connectivity index is 1.95. The number of carboxylic acid groups (broad SMARTS) is 1. The lowest BCUT2D eigenvalue weighted by molar-refractivity contribution is -0.206. The van der Waals surface area contributed by atoms with Crippen LogP contribution in [0.5, 0.6) is 0 Å². The van der Waals surface area contributed by atoms with E-state index in [0.29, 0.717) is 0 Å². The summed E-state index contributed by atoms with van der Waals surface area (Å²) in [6.07, 6.45) is 7.04. The van der Waals surface area contributed by atoms with E-state index >= 15 is 0 Å². The Bertz CT molecular complexity index is 352. The van der Waals surface area contributed by atoms with Crippen molar-refractivity contribution < 1.29 is 15.0 Å². The molecule has 1 unspecified atom stereocenters. The molecule has 4 saturated carbocycles. The summed E-state index contributed by atoms with van der Waals surface area (Å²) in [5.41, 5.74) is -1.14. The van der Waals surface area contributed by atoms with Crippen molar-refractivity contribution in [2.45, 2.75) is 64.4 Å². The molecule has 0 spiro atoms. The Morgan fingerprint density at radius 3 is 1.89 bits per heavy atom. The second-order valence-corrected chi connectivity index (χ2v) is 7.85. The zero-order valence-electron chi connectivity index (χ0n) is 12.1. The number of aliphatic carboxylic acids is 1. The molecular weight excluding hydrogens is 240 g/mol. The molecule has 0 radical (unpaired) electrons. The van der Waals surface area contributed by atoms with Gasteiger partial charge in [0.05, 0.1) is 12.0 Å². The maximum absolute atomic E-state index is 11.3. The molecule has 0 aromatic rings. The van der Waals surface area contributed by atoms with Crippen LogP contribution in [0.15, 0.2) is 0 Å². The van der Waals surface area contributed by atoms with Crippen LogP contribution in [-0.4, -0.2) is 21.8 Å². The summed E-state index contributed by atoms with van der Waals surface area (Å²) in [7, 11) is 0. The van der Waals surface area contributed by atoms with Gasteiger partial charge in [0.15, 0.2) is 0 Å². The van der Waals surface area contributed by atoms with Crippen LogP contribution in [0.3, 0.4) is 0 Å². The molecule has 4 aliphatic rings. The average molecular weight is 266 g/mol. The topological polar surface area (TPSA) is 57.5 Å². The molecule has 1 atom stereocenters. The molecule has 4 bridgehead atoms. The van der Waals surface area contributed by atoms with E-state index in [4.69, 9.17) is 0 Å². The quantitative estimate of drug-likeness (QED) is 0.822. The summed E-state index contributed by atoms with van der Waals surface area (Å²) in [4.78, 5) is 11.3. The van der Waals surface area contributed by atoms with Gasteiger partial charge < -0.3 is 10.2 Å². The molecule has 4 aliphatic carbocycles. The van der Waals surface area contributed by atoms with E-state index in [1.165, 1.54) is 19.3 Å². The zero-order valence-corrected chi connectivity index (χ0v) is 12.1. The summed E-state index contributed by atoms with van der Waals surface area (Å²) in [6, 6.07) is 0. The standard InChI is InChI=1S/C16H26O3/c1-10(2)16(19,9-14(17)18)15-6-11-3-12(7-15)5-13(4-11)8-15/h10-13,19H,3-9H2,1-2H3,(H,17,18). The number of carboxylic acids is 1. The monoisotopic (exact) mass is 266 g/mol. The summed E-state index contributed by atoms with van der Waals surface area (Å²) in [5.74, 6) is 1.38. The Kier molecular flexibility index (Phi) is 2.97. The van der Waals surface area contributed by atoms with E-state index in [1.54, 1.807) is 0 Å². The Hall–Kier alpha value is -0.570. The number of carbonyl (C=O) groups is 1. The second kappa shape index (κ2) is 4.21. The van der Waals surface area contributed by atoms with E-state index in [1.807, 2.05) is 13.8 Å². The maximum atomic E-state index is 11.3. The largest absolute Gasteiger partial charge is 0.481 e. The van der Waals surface area contributed by atoms with Gasteiger partial charge in [-0.15, -0.1) is 0 Å². The molecule has 0 amide bonds. The van der Waals surface area contributed by atoms with E-state index in [0.717, 1.165) is 37.0 Å². The van der Waals surface area contributed by atoms with Crippen molar-refractivity contribution >= 4 is 5.97 Å². The van der Waals surface area contributed by atoms with Crippen LogP contribution in [0.4, 0.5) is 0 Å². The highest BCUT2D eigenvalue weighted by molar-refractivity contribution is 5.68. The van der Waals surface area contributed by atoms with E-state index < -0.39 is 11.6 Å². The smallest absolute Gasteiger partial charge is 0.306 e. The van der Waals surface area contributed by atoms with Gasteiger partial charge in [0.2, 0.25) is 0 Å². The number of hydrogen-bond acceptors (Lipinski definition) is 2. The van der Waals surface area contributed by atoms with Crippen molar-refractivity contribution in [1.82, 2.24) is 0 Å². The summed E-state index contributed by atoms with van der Waals surface area (Å²) >= 11 is 0. The molecule has 0 aliphatic heterocycles. The number of aliphatic hydroxyl groups is 1. The van der Waals surface area contributed by atoms with Gasteiger partial charge in [-0.1, -0.05) is 13.8 Å². The molecule has 0 aromatic heterocycles. The van der Waals surface area contributed by atoms with Crippen LogP contribution in [-0.2, 0) is 4.79 Å². The first-order valence-electron chi connectivity index (χ1n) is 7.79. The third-order valence-corrected chi connectivity index (χ3v) is 6.33. The fraction of sp³-hybridized carbons (Fsp3) is 0.938. The minimum atomic E-state index is -1.02. The van der Waals surface area contributed by atoms with Gasteiger partial charge in [-0.3, -0.25) is 4.79 Å². The van der Waals surface area contributed by atoms with Crippen molar-refractivity contribution in [1.29, 1.82) is 0 Å². The lowest BCUT2D eigenvalue weighted by Gasteiger charge is -2.63. The Morgan fingerprint density at radius 2 is 1.58 bits per heavy atom. The van der Waals surface area contributed by atoms with Gasteiger partial charge in [-0.25, -0.2) is 0 Å². The first-order chi connectivity index (χ1) is 8.84. The Labute approximate surface area is 115 Å². The predicted molar refractivity (Wildman–Crippen MR) is 72.6 cm³/mol. The van der Waals surface area contributed by atoms with Crippen molar-refractivity contribution in [3.63, 3.8) is 0 Å². The van der Waals surface area contributed by atoms with Crippen molar-refractivity contribution in [3.8, 4) is 0 Å². The SMILES string of the molecule is CC(C)C(O)(CC(=O)O)C12CC3CC(CC(C3)C1)C2. The van der Waals surface area contributed by atoms with Crippen molar-refractivity contribution in [2.75, 3.05) is 0 Å². The summed E-state index contributed by atoms with van der Waals surface area (Å²) in [6.45, 7) is 3.98. The maximum Gasteiger partial charge on any atom is 0.306 e. The van der Waals surface area contributed by atoms with E-state index in [9.17, 15) is 15.0 Å². The fourth-order valence-corrected chi connectivity index (χ4v) is 5.88. The molecule has 4 fully saturated rings. The van der Waals surface area contributed by atoms with Crippen LogP contribution in [0.2, 0.25) is 0 Å². The molecule has 0 saturated heterocycles. The third kappa shape index (κ3) is 1.93. The van der Waals surface area contributed by atoms with Gasteiger partial charge in [-0.2, -0.15) is 0 Å². The zero-order chi connectivity index (χ0) is 13.8. The molecule has 4 rings (SSSR count). The van der Waals surface area contributed by atoms with Crippen LogP contribution >= 0.6 is 0 Å². The molecule has 108 valence electrons. The summed E-state index contributed by atoms with van der Waals surface area (Å²) < 4.78 is 0. The molecular formula is C16H26O3. The van der Waals surface area contributed by atoms with E-state index in [2.05, 4.69) is 0 Å². The molecule has 0 heterocycles. The normalized spacial score (nSPS) is 43.5. The van der Waals surface area contributed by atoms with Crippen LogP contribution in [0.25, 0.3) is 0 Å². The highest BCUT2D eigenvalue weighted by atomic mass is 16.4. The molecule has 19 heavy (non-hydrogen) atoms. The molecule has 3 heteroatoms. The highest BCUT2D eigenvalue weighted by Crippen LogP contribution is 2.65. The average Bonchev–Trinajstić information content (AvgIpc) is 2.25. The van der Waals surface area contributed by atoms with Gasteiger partial charge in [0, 0.05) is 5.41 Å². The van der Waals surface area contributed by atoms with Crippen LogP contribution < -0.4 is 0 Å². The fourth-order valence-electron chi connectivity index (χ4n) is 5.88. The third-order valence-electron chi connectivity index (χ3n) is 6.33. The lowest BCUT2D eigenvalue weighted by Crippen LogP contribution is -2.61. The molecule has 3 nitrogen and oxygen atoms in total. The summed E-state index contributed by atoms with van der Waals surface area (Å²) in [5, 5.41) is 20.5. The van der Waals surface area contributed by atoms with Crippen LogP contribution in [0.1, 0.15) is 58.8 Å².